The Kier molecular flexibility index (Phi) is 7.11. The molecule has 0 aliphatic heterocycles. The van der Waals surface area contributed by atoms with Crippen molar-refractivity contribution >= 4 is 58.9 Å². The third-order valence-corrected chi connectivity index (χ3v) is 9.22. The Bertz CT molecular complexity index is 1200. The van der Waals surface area contributed by atoms with Crippen molar-refractivity contribution in [1.29, 1.82) is 0 Å². The first-order chi connectivity index (χ1) is 15.5. The minimum atomic E-state index is -0.724. The monoisotopic (exact) mass is 475 g/mol. The quantitative estimate of drug-likeness (QED) is 0.210. The highest BCUT2D eigenvalue weighted by atomic mass is 35.5. The van der Waals surface area contributed by atoms with Crippen LogP contribution in [0.15, 0.2) is 89.9 Å². The van der Waals surface area contributed by atoms with Gasteiger partial charge in [-0.15, -0.1) is 0 Å². The van der Waals surface area contributed by atoms with Crippen LogP contribution in [0, 0.1) is 20.8 Å². The zero-order valence-electron chi connectivity index (χ0n) is 18.3. The van der Waals surface area contributed by atoms with E-state index in [4.69, 9.17) is 28.2 Å². The van der Waals surface area contributed by atoms with Gasteiger partial charge in [-0.25, -0.2) is 0 Å². The summed E-state index contributed by atoms with van der Waals surface area (Å²) in [5.41, 5.74) is 4.74. The van der Waals surface area contributed by atoms with Crippen molar-refractivity contribution in [2.75, 3.05) is 0 Å². The fourth-order valence-electron chi connectivity index (χ4n) is 3.86. The maximum atomic E-state index is 6.53. The molecule has 4 aromatic rings. The molecule has 1 nitrogen and oxygen atoms in total. The molecule has 0 radical (unpaired) electrons. The Morgan fingerprint density at radius 1 is 0.625 bits per heavy atom. The van der Waals surface area contributed by atoms with Gasteiger partial charge in [-0.05, 0) is 61.3 Å². The lowest BCUT2D eigenvalue weighted by atomic mass is 10.0. The van der Waals surface area contributed by atoms with Gasteiger partial charge in [-0.2, -0.15) is 0 Å². The SMILES string of the molecule is Cc1c(Cl)c(C)c(N=Cc2ccccc2P(c2ccccc2)c2ccccc2)c(C)c1Cl. The van der Waals surface area contributed by atoms with Crippen LogP contribution in [0.5, 0.6) is 0 Å². The smallest absolute Gasteiger partial charge is 0.0718 e. The van der Waals surface area contributed by atoms with E-state index in [0.717, 1.165) is 27.9 Å². The lowest BCUT2D eigenvalue weighted by Gasteiger charge is -2.21. The Hall–Kier alpha value is -2.44. The molecule has 4 heteroatoms. The Morgan fingerprint density at radius 3 is 1.62 bits per heavy atom. The molecular formula is C28H24Cl2NP. The molecule has 32 heavy (non-hydrogen) atoms. The van der Waals surface area contributed by atoms with E-state index in [9.17, 15) is 0 Å². The molecule has 0 unspecified atom stereocenters. The minimum Gasteiger partial charge on any atom is -0.256 e. The normalized spacial score (nSPS) is 11.4. The third kappa shape index (κ3) is 4.52. The first-order valence-electron chi connectivity index (χ1n) is 10.5. The fourth-order valence-corrected chi connectivity index (χ4v) is 6.69. The molecule has 0 aliphatic carbocycles. The molecule has 0 amide bonds. The van der Waals surface area contributed by atoms with Crippen LogP contribution in [0.25, 0.3) is 0 Å². The highest BCUT2D eigenvalue weighted by Crippen LogP contribution is 2.39. The minimum absolute atomic E-state index is 0.678. The molecule has 0 heterocycles. The van der Waals surface area contributed by atoms with E-state index in [1.807, 2.05) is 27.0 Å². The van der Waals surface area contributed by atoms with Crippen molar-refractivity contribution in [3.63, 3.8) is 0 Å². The van der Waals surface area contributed by atoms with Crippen LogP contribution in [-0.4, -0.2) is 6.21 Å². The Balaban J connectivity index is 1.85. The summed E-state index contributed by atoms with van der Waals surface area (Å²) < 4.78 is 0. The maximum Gasteiger partial charge on any atom is 0.0718 e. The maximum absolute atomic E-state index is 6.53. The van der Waals surface area contributed by atoms with Crippen LogP contribution >= 0.6 is 31.1 Å². The van der Waals surface area contributed by atoms with Crippen LogP contribution in [-0.2, 0) is 0 Å². The van der Waals surface area contributed by atoms with Gasteiger partial charge in [0.2, 0.25) is 0 Å². The summed E-state index contributed by atoms with van der Waals surface area (Å²) in [7, 11) is -0.724. The van der Waals surface area contributed by atoms with Gasteiger partial charge in [0.1, 0.15) is 0 Å². The molecule has 0 bridgehead atoms. The molecule has 0 aromatic heterocycles. The van der Waals surface area contributed by atoms with Crippen molar-refractivity contribution in [2.24, 2.45) is 4.99 Å². The molecule has 0 spiro atoms. The van der Waals surface area contributed by atoms with Crippen molar-refractivity contribution in [2.45, 2.75) is 20.8 Å². The average Bonchev–Trinajstić information content (AvgIpc) is 2.84. The van der Waals surface area contributed by atoms with Crippen molar-refractivity contribution in [3.05, 3.63) is 117 Å². The number of hydrogen-bond acceptors (Lipinski definition) is 1. The van der Waals surface area contributed by atoms with Crippen LogP contribution in [0.1, 0.15) is 22.3 Å². The van der Waals surface area contributed by atoms with E-state index in [1.54, 1.807) is 0 Å². The van der Waals surface area contributed by atoms with E-state index < -0.39 is 7.92 Å². The standard InChI is InChI=1S/C28H24Cl2NP/c1-19-26(29)20(2)28(21(3)27(19)30)31-18-22-12-10-11-17-25(22)32(23-13-6-4-7-14-23)24-15-8-5-9-16-24/h4-18H,1-3H3. The predicted octanol–water partition coefficient (Wildman–Crippen LogP) is 7.43. The number of nitrogens with zero attached hydrogens (tertiary/aromatic N) is 1. The summed E-state index contributed by atoms with van der Waals surface area (Å²) in [4.78, 5) is 4.89. The summed E-state index contributed by atoms with van der Waals surface area (Å²) in [6.07, 6.45) is 1.95. The fraction of sp³-hybridized carbons (Fsp3) is 0.107. The second-order valence-corrected chi connectivity index (χ2v) is 10.6. The number of benzene rings is 4. The molecule has 0 aliphatic rings. The zero-order chi connectivity index (χ0) is 22.7. The summed E-state index contributed by atoms with van der Waals surface area (Å²) in [5.74, 6) is 0. The molecule has 0 atom stereocenters. The largest absolute Gasteiger partial charge is 0.256 e. The van der Waals surface area contributed by atoms with Crippen LogP contribution < -0.4 is 15.9 Å². The topological polar surface area (TPSA) is 12.4 Å². The molecular weight excluding hydrogens is 452 g/mol. The van der Waals surface area contributed by atoms with E-state index >= 15 is 0 Å². The van der Waals surface area contributed by atoms with Crippen LogP contribution in [0.3, 0.4) is 0 Å². The van der Waals surface area contributed by atoms with Gasteiger partial charge in [-0.3, -0.25) is 4.99 Å². The summed E-state index contributed by atoms with van der Waals surface area (Å²) in [6.45, 7) is 5.94. The number of rotatable bonds is 5. The van der Waals surface area contributed by atoms with Gasteiger partial charge in [0.15, 0.2) is 0 Å². The first kappa shape index (κ1) is 22.7. The number of hydrogen-bond donors (Lipinski definition) is 0. The summed E-state index contributed by atoms with van der Waals surface area (Å²) >= 11 is 13.1. The zero-order valence-corrected chi connectivity index (χ0v) is 20.7. The van der Waals surface area contributed by atoms with Crippen molar-refractivity contribution in [3.8, 4) is 0 Å². The Morgan fingerprint density at radius 2 is 1.09 bits per heavy atom. The molecule has 0 fully saturated rings. The first-order valence-corrected chi connectivity index (χ1v) is 12.6. The van der Waals surface area contributed by atoms with E-state index in [0.29, 0.717) is 10.0 Å². The second kappa shape index (κ2) is 10.0. The molecule has 4 aromatic carbocycles. The average molecular weight is 476 g/mol. The van der Waals surface area contributed by atoms with Crippen LogP contribution in [0.2, 0.25) is 10.0 Å². The van der Waals surface area contributed by atoms with E-state index in [2.05, 4.69) is 84.9 Å². The van der Waals surface area contributed by atoms with Gasteiger partial charge < -0.3 is 0 Å². The molecule has 160 valence electrons. The molecule has 0 saturated carbocycles. The lowest BCUT2D eigenvalue weighted by Crippen LogP contribution is -2.23. The Labute approximate surface area is 201 Å². The highest BCUT2D eigenvalue weighted by molar-refractivity contribution is 7.80. The second-order valence-electron chi connectivity index (χ2n) is 7.68. The van der Waals surface area contributed by atoms with Gasteiger partial charge in [-0.1, -0.05) is 108 Å². The summed E-state index contributed by atoms with van der Waals surface area (Å²) in [6, 6.07) is 29.9. The van der Waals surface area contributed by atoms with Gasteiger partial charge in [0, 0.05) is 11.8 Å². The van der Waals surface area contributed by atoms with Crippen molar-refractivity contribution in [1.82, 2.24) is 0 Å². The van der Waals surface area contributed by atoms with E-state index in [1.165, 1.54) is 15.9 Å². The number of aliphatic imine (C=N–C) groups is 1. The van der Waals surface area contributed by atoms with Gasteiger partial charge in [0.05, 0.1) is 15.7 Å². The van der Waals surface area contributed by atoms with Crippen LogP contribution in [0.4, 0.5) is 5.69 Å². The highest BCUT2D eigenvalue weighted by Gasteiger charge is 2.19. The molecule has 0 N–H and O–H groups in total. The summed E-state index contributed by atoms with van der Waals surface area (Å²) in [5, 5.41) is 5.24. The molecule has 4 rings (SSSR count). The lowest BCUT2D eigenvalue weighted by molar-refractivity contribution is 1.29. The predicted molar refractivity (Wildman–Crippen MR) is 143 cm³/mol. The van der Waals surface area contributed by atoms with Gasteiger partial charge in [0.25, 0.3) is 0 Å². The van der Waals surface area contributed by atoms with Gasteiger partial charge >= 0.3 is 0 Å². The van der Waals surface area contributed by atoms with Crippen molar-refractivity contribution < 1.29 is 0 Å². The number of halogens is 2. The third-order valence-electron chi connectivity index (χ3n) is 5.57. The molecule has 0 saturated heterocycles. The van der Waals surface area contributed by atoms with E-state index in [-0.39, 0.29) is 0 Å².